The fourth-order valence-corrected chi connectivity index (χ4v) is 3.38. The van der Waals surface area contributed by atoms with Crippen molar-refractivity contribution in [3.63, 3.8) is 0 Å². The van der Waals surface area contributed by atoms with Crippen molar-refractivity contribution in [1.82, 2.24) is 10.4 Å². The second kappa shape index (κ2) is 6.90. The molecule has 0 unspecified atom stereocenters. The quantitative estimate of drug-likeness (QED) is 0.758. The van der Waals surface area contributed by atoms with Crippen LogP contribution in [0.3, 0.4) is 0 Å². The topological polar surface area (TPSA) is 55.4 Å². The number of carbonyl (C=O) groups is 1. The van der Waals surface area contributed by atoms with Gasteiger partial charge in [-0.2, -0.15) is 0 Å². The smallest absolute Gasteiger partial charge is 0.220 e. The van der Waals surface area contributed by atoms with Crippen LogP contribution < -0.4 is 5.32 Å². The first-order valence-corrected chi connectivity index (χ1v) is 7.96. The summed E-state index contributed by atoms with van der Waals surface area (Å²) < 4.78 is 0. The first-order chi connectivity index (χ1) is 9.19. The van der Waals surface area contributed by atoms with Crippen LogP contribution in [-0.2, 0) is 4.79 Å². The van der Waals surface area contributed by atoms with Crippen molar-refractivity contribution in [2.24, 2.45) is 0 Å². The Labute approximate surface area is 123 Å². The number of rotatable bonds is 6. The molecular formula is C16H31N2O2-. The van der Waals surface area contributed by atoms with E-state index >= 15 is 0 Å². The van der Waals surface area contributed by atoms with E-state index in [2.05, 4.69) is 12.2 Å². The summed E-state index contributed by atoms with van der Waals surface area (Å²) >= 11 is 0. The number of piperidine rings is 1. The van der Waals surface area contributed by atoms with Crippen LogP contribution in [0.1, 0.15) is 79.6 Å². The molecule has 1 aliphatic heterocycles. The van der Waals surface area contributed by atoms with Crippen LogP contribution in [0, 0.1) is 5.21 Å². The first-order valence-electron chi connectivity index (χ1n) is 7.96. The van der Waals surface area contributed by atoms with Crippen molar-refractivity contribution in [3.05, 3.63) is 5.21 Å². The minimum atomic E-state index is -0.415. The van der Waals surface area contributed by atoms with E-state index in [-0.39, 0.29) is 11.9 Å². The van der Waals surface area contributed by atoms with Gasteiger partial charge in [-0.3, -0.25) is 4.79 Å². The lowest BCUT2D eigenvalue weighted by Crippen LogP contribution is -2.61. The summed E-state index contributed by atoms with van der Waals surface area (Å²) in [5.74, 6) is 0.136. The molecule has 1 amide bonds. The van der Waals surface area contributed by atoms with Crippen LogP contribution in [0.15, 0.2) is 0 Å². The number of hydrogen-bond acceptors (Lipinski definition) is 3. The van der Waals surface area contributed by atoms with E-state index in [1.165, 1.54) is 17.9 Å². The standard InChI is InChI=1S/C16H31N2O2/c1-6-7-8-9-10-14(19)17-13-11-15(2,3)18(20)16(4,5)12-13/h13H,6-12H2,1-5H3,(H,17,19)/q-1. The molecule has 0 spiro atoms. The van der Waals surface area contributed by atoms with E-state index in [0.29, 0.717) is 6.42 Å². The maximum atomic E-state index is 12.2. The molecule has 1 fully saturated rings. The predicted molar refractivity (Wildman–Crippen MR) is 83.3 cm³/mol. The number of hydroxylamine groups is 2. The fraction of sp³-hybridized carbons (Fsp3) is 0.938. The second-order valence-electron chi connectivity index (χ2n) is 7.40. The lowest BCUT2D eigenvalue weighted by Gasteiger charge is -2.60. The number of hydrogen-bond donors (Lipinski definition) is 1. The van der Waals surface area contributed by atoms with E-state index in [1.807, 2.05) is 27.7 Å². The minimum Gasteiger partial charge on any atom is -0.784 e. The van der Waals surface area contributed by atoms with Gasteiger partial charge in [0.2, 0.25) is 5.91 Å². The van der Waals surface area contributed by atoms with Gasteiger partial charge in [0.15, 0.2) is 0 Å². The fourth-order valence-electron chi connectivity index (χ4n) is 3.38. The molecule has 0 aromatic heterocycles. The van der Waals surface area contributed by atoms with Gasteiger partial charge in [-0.1, -0.05) is 26.2 Å². The largest absolute Gasteiger partial charge is 0.784 e. The van der Waals surface area contributed by atoms with Crippen molar-refractivity contribution >= 4 is 5.91 Å². The molecule has 0 aromatic rings. The molecule has 20 heavy (non-hydrogen) atoms. The van der Waals surface area contributed by atoms with E-state index < -0.39 is 11.1 Å². The van der Waals surface area contributed by atoms with E-state index in [4.69, 9.17) is 0 Å². The maximum Gasteiger partial charge on any atom is 0.220 e. The predicted octanol–water partition coefficient (Wildman–Crippen LogP) is 3.59. The highest BCUT2D eigenvalue weighted by atomic mass is 16.5. The van der Waals surface area contributed by atoms with Crippen molar-refractivity contribution < 1.29 is 4.79 Å². The third-order valence-electron chi connectivity index (χ3n) is 4.21. The van der Waals surface area contributed by atoms with Gasteiger partial charge in [0, 0.05) is 23.5 Å². The van der Waals surface area contributed by atoms with E-state index in [1.54, 1.807) is 0 Å². The molecule has 4 nitrogen and oxygen atoms in total. The third kappa shape index (κ3) is 4.74. The monoisotopic (exact) mass is 283 g/mol. The Hall–Kier alpha value is -0.610. The van der Waals surface area contributed by atoms with E-state index in [9.17, 15) is 10.0 Å². The number of unbranched alkanes of at least 4 members (excludes halogenated alkanes) is 3. The third-order valence-corrected chi connectivity index (χ3v) is 4.21. The highest BCUT2D eigenvalue weighted by Crippen LogP contribution is 2.37. The normalized spacial score (nSPS) is 22.7. The number of nitrogens with zero attached hydrogens (tertiary/aromatic N) is 1. The van der Waals surface area contributed by atoms with Crippen molar-refractivity contribution in [2.75, 3.05) is 0 Å². The second-order valence-corrected chi connectivity index (χ2v) is 7.40. The number of carbonyl (C=O) groups excluding carboxylic acids is 1. The Balaban J connectivity index is 2.46. The van der Waals surface area contributed by atoms with Crippen LogP contribution >= 0.6 is 0 Å². The maximum absolute atomic E-state index is 12.2. The van der Waals surface area contributed by atoms with Gasteiger partial charge in [0.1, 0.15) is 0 Å². The van der Waals surface area contributed by atoms with Gasteiger partial charge in [0.05, 0.1) is 0 Å². The van der Waals surface area contributed by atoms with Crippen LogP contribution in [0.4, 0.5) is 0 Å². The van der Waals surface area contributed by atoms with Crippen LogP contribution in [0.25, 0.3) is 0 Å². The molecule has 0 aliphatic carbocycles. The average Bonchev–Trinajstić information content (AvgIpc) is 2.31. The molecule has 118 valence electrons. The van der Waals surface area contributed by atoms with Gasteiger partial charge in [-0.05, 0) is 47.0 Å². The summed E-state index contributed by atoms with van der Waals surface area (Å²) in [4.78, 5) is 12.0. The SMILES string of the molecule is CCCCCCC(=O)NC1CC(C)(C)N([O-])C(C)(C)C1. The Morgan fingerprint density at radius 3 is 2.20 bits per heavy atom. The van der Waals surface area contributed by atoms with Crippen molar-refractivity contribution in [1.29, 1.82) is 0 Å². The van der Waals surface area contributed by atoms with Crippen molar-refractivity contribution in [3.8, 4) is 0 Å². The Morgan fingerprint density at radius 2 is 1.70 bits per heavy atom. The Kier molecular flexibility index (Phi) is 6.02. The molecule has 1 saturated heterocycles. The van der Waals surface area contributed by atoms with E-state index in [0.717, 1.165) is 25.7 Å². The minimum absolute atomic E-state index is 0.115. The summed E-state index contributed by atoms with van der Waals surface area (Å²) in [5, 5.41) is 16.6. The summed E-state index contributed by atoms with van der Waals surface area (Å²) in [6.45, 7) is 10.0. The van der Waals surface area contributed by atoms with Gasteiger partial charge >= 0.3 is 0 Å². The molecule has 0 aromatic carbocycles. The summed E-state index contributed by atoms with van der Waals surface area (Å²) in [7, 11) is 0. The van der Waals surface area contributed by atoms with Crippen LogP contribution in [-0.4, -0.2) is 28.1 Å². The summed E-state index contributed by atoms with van der Waals surface area (Å²) in [5.41, 5.74) is -0.830. The number of nitrogens with one attached hydrogen (secondary N) is 1. The average molecular weight is 283 g/mol. The molecule has 1 N–H and O–H groups in total. The molecule has 0 bridgehead atoms. The van der Waals surface area contributed by atoms with Gasteiger partial charge in [-0.15, -0.1) is 0 Å². The molecule has 1 heterocycles. The molecule has 1 rings (SSSR count). The lowest BCUT2D eigenvalue weighted by molar-refractivity contribution is -0.123. The Bertz CT molecular complexity index is 308. The van der Waals surface area contributed by atoms with Crippen LogP contribution in [0.5, 0.6) is 0 Å². The number of amides is 1. The lowest BCUT2D eigenvalue weighted by atomic mass is 9.79. The Morgan fingerprint density at radius 1 is 1.15 bits per heavy atom. The zero-order chi connectivity index (χ0) is 15.4. The molecule has 4 heteroatoms. The van der Waals surface area contributed by atoms with Gasteiger partial charge < -0.3 is 15.6 Å². The highest BCUT2D eigenvalue weighted by Gasteiger charge is 2.40. The summed E-state index contributed by atoms with van der Waals surface area (Å²) in [6.07, 6.45) is 6.53. The van der Waals surface area contributed by atoms with Crippen LogP contribution in [0.2, 0.25) is 0 Å². The zero-order valence-electron chi connectivity index (χ0n) is 13.8. The molecule has 0 radical (unpaired) electrons. The highest BCUT2D eigenvalue weighted by molar-refractivity contribution is 5.76. The summed E-state index contributed by atoms with van der Waals surface area (Å²) in [6, 6.07) is 0.115. The van der Waals surface area contributed by atoms with Gasteiger partial charge in [0.25, 0.3) is 0 Å². The zero-order valence-corrected chi connectivity index (χ0v) is 13.8. The molecule has 1 aliphatic rings. The first kappa shape index (κ1) is 17.4. The molecule has 0 saturated carbocycles. The van der Waals surface area contributed by atoms with Gasteiger partial charge in [-0.25, -0.2) is 0 Å². The molecular weight excluding hydrogens is 252 g/mol. The van der Waals surface area contributed by atoms with Crippen molar-refractivity contribution in [2.45, 2.75) is 96.7 Å². The molecule has 0 atom stereocenters.